The van der Waals surface area contributed by atoms with Gasteiger partial charge in [-0.25, -0.2) is 4.79 Å². The van der Waals surface area contributed by atoms with Crippen LogP contribution in [0.1, 0.15) is 46.0 Å². The topological polar surface area (TPSA) is 32.3 Å². The maximum Gasteiger partial charge on any atom is 0.317 e. The normalized spacial score (nSPS) is 26.1. The second-order valence-electron chi connectivity index (χ2n) is 4.53. The van der Waals surface area contributed by atoms with Crippen molar-refractivity contribution in [1.82, 2.24) is 10.2 Å². The zero-order valence-corrected chi connectivity index (χ0v) is 10.3. The van der Waals surface area contributed by atoms with Gasteiger partial charge in [0.05, 0.1) is 0 Å². The monoisotopic (exact) mass is 212 g/mol. The first-order valence-electron chi connectivity index (χ1n) is 6.19. The minimum atomic E-state index is 0.0810. The first-order valence-corrected chi connectivity index (χ1v) is 6.19. The van der Waals surface area contributed by atoms with Crippen molar-refractivity contribution < 1.29 is 4.79 Å². The molecular weight excluding hydrogens is 188 g/mol. The van der Waals surface area contributed by atoms with E-state index in [4.69, 9.17) is 0 Å². The van der Waals surface area contributed by atoms with Gasteiger partial charge in [0.25, 0.3) is 0 Å². The molecule has 0 heterocycles. The summed E-state index contributed by atoms with van der Waals surface area (Å²) in [5.74, 6) is 0.892. The average molecular weight is 212 g/mol. The van der Waals surface area contributed by atoms with Crippen molar-refractivity contribution in [3.05, 3.63) is 0 Å². The number of carbonyl (C=O) groups is 1. The number of hydrogen-bond donors (Lipinski definition) is 1. The van der Waals surface area contributed by atoms with Crippen LogP contribution in [0.5, 0.6) is 0 Å². The fourth-order valence-electron chi connectivity index (χ4n) is 2.38. The summed E-state index contributed by atoms with van der Waals surface area (Å²) in [6.45, 7) is 4.94. The van der Waals surface area contributed by atoms with Crippen LogP contribution in [0.15, 0.2) is 0 Å². The predicted octanol–water partition coefficient (Wildman–Crippen LogP) is 2.62. The van der Waals surface area contributed by atoms with E-state index >= 15 is 0 Å². The van der Waals surface area contributed by atoms with Crippen LogP contribution < -0.4 is 5.32 Å². The number of urea groups is 1. The van der Waals surface area contributed by atoms with Crippen molar-refractivity contribution in [3.63, 3.8) is 0 Å². The Morgan fingerprint density at radius 2 is 1.87 bits per heavy atom. The first kappa shape index (κ1) is 12.3. The van der Waals surface area contributed by atoms with E-state index in [1.54, 1.807) is 0 Å². The van der Waals surface area contributed by atoms with Crippen LogP contribution in [-0.4, -0.2) is 30.6 Å². The van der Waals surface area contributed by atoms with Gasteiger partial charge >= 0.3 is 6.03 Å². The summed E-state index contributed by atoms with van der Waals surface area (Å²) in [5.41, 5.74) is 0. The van der Waals surface area contributed by atoms with E-state index in [0.29, 0.717) is 12.6 Å². The second kappa shape index (κ2) is 5.99. The summed E-state index contributed by atoms with van der Waals surface area (Å²) in [7, 11) is 1.92. The third-order valence-corrected chi connectivity index (χ3v) is 3.59. The Morgan fingerprint density at radius 1 is 1.27 bits per heavy atom. The fourth-order valence-corrected chi connectivity index (χ4v) is 2.38. The molecule has 1 saturated carbocycles. The third-order valence-electron chi connectivity index (χ3n) is 3.59. The summed E-state index contributed by atoms with van der Waals surface area (Å²) >= 11 is 0. The number of hydrogen-bond acceptors (Lipinski definition) is 1. The Labute approximate surface area is 93.2 Å². The lowest BCUT2D eigenvalue weighted by atomic mass is 9.84. The van der Waals surface area contributed by atoms with Crippen molar-refractivity contribution in [2.24, 2.45) is 5.92 Å². The minimum Gasteiger partial charge on any atom is -0.338 e. The molecule has 1 fully saturated rings. The Morgan fingerprint density at radius 3 is 2.33 bits per heavy atom. The van der Waals surface area contributed by atoms with Crippen LogP contribution in [-0.2, 0) is 0 Å². The molecule has 0 saturated heterocycles. The van der Waals surface area contributed by atoms with Crippen LogP contribution in [0.2, 0.25) is 0 Å². The molecule has 0 aliphatic heterocycles. The van der Waals surface area contributed by atoms with Crippen LogP contribution >= 0.6 is 0 Å². The van der Waals surface area contributed by atoms with E-state index in [9.17, 15) is 4.79 Å². The van der Waals surface area contributed by atoms with E-state index in [0.717, 1.165) is 5.92 Å². The van der Waals surface area contributed by atoms with Crippen molar-refractivity contribution in [1.29, 1.82) is 0 Å². The van der Waals surface area contributed by atoms with Crippen LogP contribution in [0.25, 0.3) is 0 Å². The molecule has 1 N–H and O–H groups in total. The zero-order valence-electron chi connectivity index (χ0n) is 10.3. The maximum atomic E-state index is 11.6. The number of amides is 2. The molecule has 0 aromatic rings. The van der Waals surface area contributed by atoms with E-state index < -0.39 is 0 Å². The summed E-state index contributed by atoms with van der Waals surface area (Å²) in [6.07, 6.45) is 6.20. The second-order valence-corrected chi connectivity index (χ2v) is 4.53. The van der Waals surface area contributed by atoms with Gasteiger partial charge in [0, 0.05) is 19.6 Å². The Hall–Kier alpha value is -0.730. The summed E-state index contributed by atoms with van der Waals surface area (Å²) in [5, 5.41) is 2.85. The van der Waals surface area contributed by atoms with Crippen LogP contribution in [0.4, 0.5) is 4.79 Å². The molecule has 88 valence electrons. The van der Waals surface area contributed by atoms with Crippen molar-refractivity contribution in [3.8, 4) is 0 Å². The minimum absolute atomic E-state index is 0.0810. The molecule has 0 aromatic heterocycles. The van der Waals surface area contributed by atoms with E-state index in [1.165, 1.54) is 32.1 Å². The highest BCUT2D eigenvalue weighted by molar-refractivity contribution is 5.74. The highest BCUT2D eigenvalue weighted by Gasteiger charge is 2.25. The lowest BCUT2D eigenvalue weighted by Crippen LogP contribution is -2.44. The lowest BCUT2D eigenvalue weighted by Gasteiger charge is -2.34. The molecule has 0 radical (unpaired) electrons. The van der Waals surface area contributed by atoms with Crippen molar-refractivity contribution in [2.45, 2.75) is 52.0 Å². The zero-order chi connectivity index (χ0) is 11.3. The predicted molar refractivity (Wildman–Crippen MR) is 62.9 cm³/mol. The summed E-state index contributed by atoms with van der Waals surface area (Å²) in [6, 6.07) is 0.539. The number of carbonyl (C=O) groups excluding carboxylic acids is 1. The molecule has 0 spiro atoms. The molecular formula is C12H24N2O. The van der Waals surface area contributed by atoms with Gasteiger partial charge in [0.2, 0.25) is 0 Å². The Balaban J connectivity index is 2.35. The summed E-state index contributed by atoms with van der Waals surface area (Å²) in [4.78, 5) is 13.5. The van der Waals surface area contributed by atoms with Gasteiger partial charge in [-0.05, 0) is 38.5 Å². The lowest BCUT2D eigenvalue weighted by molar-refractivity contribution is 0.160. The molecule has 0 unspecified atom stereocenters. The molecule has 3 nitrogen and oxygen atoms in total. The Kier molecular flexibility index (Phi) is 4.92. The number of rotatable bonds is 3. The smallest absolute Gasteiger partial charge is 0.317 e. The number of nitrogens with zero attached hydrogens (tertiary/aromatic N) is 1. The maximum absolute atomic E-state index is 11.6. The van der Waals surface area contributed by atoms with Crippen LogP contribution in [0, 0.1) is 5.92 Å². The molecule has 1 rings (SSSR count). The van der Waals surface area contributed by atoms with Gasteiger partial charge in [0.1, 0.15) is 0 Å². The van der Waals surface area contributed by atoms with Crippen LogP contribution in [0.3, 0.4) is 0 Å². The molecule has 0 atom stereocenters. The number of nitrogens with one attached hydrogen (secondary N) is 1. The summed E-state index contributed by atoms with van der Waals surface area (Å²) < 4.78 is 0. The molecule has 1 aliphatic carbocycles. The molecule has 0 bridgehead atoms. The van der Waals surface area contributed by atoms with E-state index in [-0.39, 0.29) is 6.03 Å². The largest absolute Gasteiger partial charge is 0.338 e. The van der Waals surface area contributed by atoms with Gasteiger partial charge in [-0.3, -0.25) is 0 Å². The molecule has 2 amide bonds. The third kappa shape index (κ3) is 3.40. The van der Waals surface area contributed by atoms with E-state index in [2.05, 4.69) is 12.2 Å². The first-order chi connectivity index (χ1) is 7.19. The van der Waals surface area contributed by atoms with Crippen molar-refractivity contribution in [2.75, 3.05) is 13.6 Å². The Bertz CT molecular complexity index is 198. The van der Waals surface area contributed by atoms with Gasteiger partial charge in [0.15, 0.2) is 0 Å². The SMILES string of the molecule is CCNC(=O)N(C)C1CCC(CC)CC1. The highest BCUT2D eigenvalue weighted by atomic mass is 16.2. The van der Waals surface area contributed by atoms with Gasteiger partial charge in [-0.2, -0.15) is 0 Å². The van der Waals surface area contributed by atoms with Gasteiger partial charge in [-0.1, -0.05) is 13.3 Å². The standard InChI is InChI=1S/C12H24N2O/c1-4-10-6-8-11(9-7-10)14(3)12(15)13-5-2/h10-11H,4-9H2,1-3H3,(H,13,15). The molecule has 1 aliphatic rings. The van der Waals surface area contributed by atoms with Gasteiger partial charge < -0.3 is 10.2 Å². The highest BCUT2D eigenvalue weighted by Crippen LogP contribution is 2.28. The molecule has 0 aromatic carbocycles. The molecule has 3 heteroatoms. The van der Waals surface area contributed by atoms with Gasteiger partial charge in [-0.15, -0.1) is 0 Å². The van der Waals surface area contributed by atoms with Crippen molar-refractivity contribution >= 4 is 6.03 Å². The fraction of sp³-hybridized carbons (Fsp3) is 0.917. The molecule has 15 heavy (non-hydrogen) atoms. The van der Waals surface area contributed by atoms with E-state index in [1.807, 2.05) is 18.9 Å². The average Bonchev–Trinajstić information content (AvgIpc) is 2.28. The quantitative estimate of drug-likeness (QED) is 0.766.